The van der Waals surface area contributed by atoms with Gasteiger partial charge in [0, 0.05) is 42.7 Å². The maximum absolute atomic E-state index is 5.64. The Balaban J connectivity index is 1.75. The third-order valence-corrected chi connectivity index (χ3v) is 4.58. The number of aromatic nitrogens is 5. The Morgan fingerprint density at radius 2 is 1.83 bits per heavy atom. The number of ether oxygens (including phenoxy) is 2. The lowest BCUT2D eigenvalue weighted by Gasteiger charge is -2.28. The summed E-state index contributed by atoms with van der Waals surface area (Å²) >= 11 is 0. The molecule has 29 heavy (non-hydrogen) atoms. The van der Waals surface area contributed by atoms with Gasteiger partial charge in [0.2, 0.25) is 17.8 Å². The summed E-state index contributed by atoms with van der Waals surface area (Å²) in [5.74, 6) is 2.06. The predicted molar refractivity (Wildman–Crippen MR) is 109 cm³/mol. The molecule has 1 fully saturated rings. The highest BCUT2D eigenvalue weighted by Crippen LogP contribution is 2.30. The first-order chi connectivity index (χ1) is 14.1. The van der Waals surface area contributed by atoms with Crippen molar-refractivity contribution in [2.24, 2.45) is 0 Å². The summed E-state index contributed by atoms with van der Waals surface area (Å²) in [7, 11) is 1.58. The summed E-state index contributed by atoms with van der Waals surface area (Å²) in [6.07, 6.45) is 5.03. The van der Waals surface area contributed by atoms with Gasteiger partial charge in [0.1, 0.15) is 5.82 Å². The highest BCUT2D eigenvalue weighted by molar-refractivity contribution is 5.72. The van der Waals surface area contributed by atoms with Crippen molar-refractivity contribution in [3.05, 3.63) is 36.3 Å². The van der Waals surface area contributed by atoms with Gasteiger partial charge < -0.3 is 25.4 Å². The van der Waals surface area contributed by atoms with Crippen LogP contribution in [-0.4, -0.2) is 58.3 Å². The van der Waals surface area contributed by atoms with Gasteiger partial charge >= 0.3 is 0 Å². The molecule has 0 radical (unpaired) electrons. The molecule has 0 aliphatic carbocycles. The largest absolute Gasteiger partial charge is 0.481 e. The second-order valence-electron chi connectivity index (χ2n) is 6.49. The van der Waals surface area contributed by atoms with E-state index in [4.69, 9.17) is 25.2 Å². The first kappa shape index (κ1) is 18.8. The summed E-state index contributed by atoms with van der Waals surface area (Å²) in [6.45, 7) is 4.69. The smallest absolute Gasteiger partial charge is 0.228 e. The normalized spacial score (nSPS) is 13.9. The van der Waals surface area contributed by atoms with E-state index in [1.807, 2.05) is 13.0 Å². The molecule has 1 saturated heterocycles. The van der Waals surface area contributed by atoms with E-state index in [2.05, 4.69) is 25.2 Å². The van der Waals surface area contributed by atoms with Gasteiger partial charge in [-0.25, -0.2) is 19.9 Å². The first-order valence-corrected chi connectivity index (χ1v) is 9.20. The monoisotopic (exact) mass is 394 g/mol. The van der Waals surface area contributed by atoms with Crippen LogP contribution in [0.15, 0.2) is 30.7 Å². The number of pyridine rings is 1. The molecular formula is C19H22N8O2. The Morgan fingerprint density at radius 1 is 1.07 bits per heavy atom. The average Bonchev–Trinajstić information content (AvgIpc) is 2.77. The van der Waals surface area contributed by atoms with Crippen LogP contribution in [-0.2, 0) is 4.74 Å². The van der Waals surface area contributed by atoms with Crippen molar-refractivity contribution in [2.75, 3.05) is 49.4 Å². The third kappa shape index (κ3) is 4.16. The summed E-state index contributed by atoms with van der Waals surface area (Å²) in [5.41, 5.74) is 8.81. The quantitative estimate of drug-likeness (QED) is 0.662. The second kappa shape index (κ2) is 8.23. The molecular weight excluding hydrogens is 372 g/mol. The van der Waals surface area contributed by atoms with E-state index >= 15 is 0 Å². The molecule has 0 spiro atoms. The van der Waals surface area contributed by atoms with E-state index in [9.17, 15) is 0 Å². The zero-order chi connectivity index (χ0) is 20.2. The number of nitrogens with one attached hydrogen (secondary N) is 1. The highest BCUT2D eigenvalue weighted by atomic mass is 16.5. The van der Waals surface area contributed by atoms with Crippen LogP contribution < -0.4 is 20.7 Å². The molecule has 3 aromatic heterocycles. The minimum atomic E-state index is 0.219. The Morgan fingerprint density at radius 3 is 2.48 bits per heavy atom. The van der Waals surface area contributed by atoms with Gasteiger partial charge in [-0.05, 0) is 13.0 Å². The summed E-state index contributed by atoms with van der Waals surface area (Å²) in [4.78, 5) is 24.1. The van der Waals surface area contributed by atoms with Gasteiger partial charge in [-0.3, -0.25) is 0 Å². The van der Waals surface area contributed by atoms with Crippen LogP contribution in [0.25, 0.3) is 11.3 Å². The Kier molecular flexibility index (Phi) is 5.34. The van der Waals surface area contributed by atoms with Crippen molar-refractivity contribution in [1.82, 2.24) is 24.9 Å². The van der Waals surface area contributed by atoms with Crippen LogP contribution in [0.5, 0.6) is 5.88 Å². The number of nitrogen functional groups attached to an aromatic ring is 1. The fraction of sp³-hybridized carbons (Fsp3) is 0.316. The van der Waals surface area contributed by atoms with Gasteiger partial charge in [-0.1, -0.05) is 0 Å². The van der Waals surface area contributed by atoms with E-state index in [-0.39, 0.29) is 5.95 Å². The molecule has 3 aromatic rings. The molecule has 0 unspecified atom stereocenters. The second-order valence-corrected chi connectivity index (χ2v) is 6.49. The summed E-state index contributed by atoms with van der Waals surface area (Å²) in [6, 6.07) is 3.67. The number of anilines is 4. The van der Waals surface area contributed by atoms with E-state index in [1.165, 1.54) is 0 Å². The number of nitrogens with two attached hydrogens (primary N) is 1. The molecule has 0 aromatic carbocycles. The van der Waals surface area contributed by atoms with E-state index in [1.54, 1.807) is 31.8 Å². The fourth-order valence-electron chi connectivity index (χ4n) is 2.98. The van der Waals surface area contributed by atoms with Crippen molar-refractivity contribution >= 4 is 23.4 Å². The summed E-state index contributed by atoms with van der Waals surface area (Å²) < 4.78 is 10.6. The lowest BCUT2D eigenvalue weighted by molar-refractivity contribution is 0.122. The van der Waals surface area contributed by atoms with Crippen molar-refractivity contribution in [1.29, 1.82) is 0 Å². The third-order valence-electron chi connectivity index (χ3n) is 4.58. The first-order valence-electron chi connectivity index (χ1n) is 9.20. The number of methoxy groups -OCH3 is 1. The Bertz CT molecular complexity index is 973. The number of nitrogens with zero attached hydrogens (tertiary/aromatic N) is 6. The minimum Gasteiger partial charge on any atom is -0.481 e. The lowest BCUT2D eigenvalue weighted by Crippen LogP contribution is -2.37. The zero-order valence-electron chi connectivity index (χ0n) is 16.3. The molecule has 0 saturated carbocycles. The lowest BCUT2D eigenvalue weighted by atomic mass is 10.1. The van der Waals surface area contributed by atoms with Crippen LogP contribution in [0.2, 0.25) is 0 Å². The van der Waals surface area contributed by atoms with Crippen LogP contribution in [0.1, 0.15) is 5.56 Å². The highest BCUT2D eigenvalue weighted by Gasteiger charge is 2.19. The number of hydrogen-bond donors (Lipinski definition) is 2. The number of hydrogen-bond acceptors (Lipinski definition) is 10. The SMILES string of the molecule is COc1ccc(Nc2nc(N3CCOCC3)nc(-c3cnc(N)nc3)c2C)cn1. The molecule has 1 aliphatic rings. The van der Waals surface area contributed by atoms with E-state index < -0.39 is 0 Å². The Labute approximate surface area is 168 Å². The molecule has 0 bridgehead atoms. The van der Waals surface area contributed by atoms with E-state index in [0.29, 0.717) is 30.9 Å². The van der Waals surface area contributed by atoms with Gasteiger partial charge in [-0.15, -0.1) is 0 Å². The zero-order valence-corrected chi connectivity index (χ0v) is 16.3. The molecule has 10 nitrogen and oxygen atoms in total. The summed E-state index contributed by atoms with van der Waals surface area (Å²) in [5, 5.41) is 3.33. The topological polar surface area (TPSA) is 124 Å². The average molecular weight is 394 g/mol. The van der Waals surface area contributed by atoms with Crippen molar-refractivity contribution in [2.45, 2.75) is 6.92 Å². The molecule has 4 heterocycles. The molecule has 1 aliphatic heterocycles. The van der Waals surface area contributed by atoms with Gasteiger partial charge in [0.25, 0.3) is 0 Å². The maximum atomic E-state index is 5.64. The van der Waals surface area contributed by atoms with Crippen LogP contribution in [0.3, 0.4) is 0 Å². The molecule has 10 heteroatoms. The van der Waals surface area contributed by atoms with Crippen molar-refractivity contribution in [3.63, 3.8) is 0 Å². The predicted octanol–water partition coefficient (Wildman–Crippen LogP) is 1.81. The Hall–Kier alpha value is -3.53. The molecule has 0 atom stereocenters. The van der Waals surface area contributed by atoms with Crippen LogP contribution >= 0.6 is 0 Å². The number of morpholine rings is 1. The molecule has 4 rings (SSSR count). The minimum absolute atomic E-state index is 0.219. The van der Waals surface area contributed by atoms with Gasteiger partial charge in [0.05, 0.1) is 37.9 Å². The molecule has 0 amide bonds. The molecule has 150 valence electrons. The van der Waals surface area contributed by atoms with Crippen molar-refractivity contribution < 1.29 is 9.47 Å². The standard InChI is InChI=1S/C19H22N8O2/c1-12-16(13-9-22-18(20)23-10-13)25-19(27-5-7-29-8-6-27)26-17(12)24-14-3-4-15(28-2)21-11-14/h3-4,9-11H,5-8H2,1-2H3,(H2,20,22,23)(H,24,25,26). The fourth-order valence-corrected chi connectivity index (χ4v) is 2.98. The van der Waals surface area contributed by atoms with Crippen LogP contribution in [0, 0.1) is 6.92 Å². The molecule has 3 N–H and O–H groups in total. The van der Waals surface area contributed by atoms with E-state index in [0.717, 1.165) is 35.6 Å². The van der Waals surface area contributed by atoms with Crippen LogP contribution in [0.4, 0.5) is 23.4 Å². The van der Waals surface area contributed by atoms with Gasteiger partial charge in [-0.2, -0.15) is 4.98 Å². The number of rotatable bonds is 5. The van der Waals surface area contributed by atoms with Crippen molar-refractivity contribution in [3.8, 4) is 17.1 Å². The maximum Gasteiger partial charge on any atom is 0.228 e. The van der Waals surface area contributed by atoms with Gasteiger partial charge in [0.15, 0.2) is 0 Å².